The van der Waals surface area contributed by atoms with E-state index in [1.54, 1.807) is 0 Å². The molecule has 1 aliphatic carbocycles. The molecule has 2 saturated heterocycles. The molecule has 29 heavy (non-hydrogen) atoms. The van der Waals surface area contributed by atoms with Crippen molar-refractivity contribution in [3.63, 3.8) is 0 Å². The first-order chi connectivity index (χ1) is 13.9. The van der Waals surface area contributed by atoms with E-state index in [2.05, 4.69) is 9.88 Å². The van der Waals surface area contributed by atoms with Crippen LogP contribution in [0.15, 0.2) is 6.07 Å². The minimum absolute atomic E-state index is 0.184. The van der Waals surface area contributed by atoms with Gasteiger partial charge in [0.15, 0.2) is 5.78 Å². The van der Waals surface area contributed by atoms with E-state index >= 15 is 0 Å². The number of rotatable bonds is 5. The van der Waals surface area contributed by atoms with Gasteiger partial charge in [-0.1, -0.05) is 25.7 Å². The van der Waals surface area contributed by atoms with Crippen LogP contribution in [-0.2, 0) is 16.1 Å². The number of aryl methyl sites for hydroxylation is 1. The number of imide groups is 1. The van der Waals surface area contributed by atoms with Gasteiger partial charge in [-0.25, -0.2) is 4.79 Å². The van der Waals surface area contributed by atoms with E-state index in [9.17, 15) is 14.4 Å². The van der Waals surface area contributed by atoms with Gasteiger partial charge in [0.1, 0.15) is 5.54 Å². The first-order valence-electron chi connectivity index (χ1n) is 10.9. The molecule has 1 N–H and O–H groups in total. The lowest BCUT2D eigenvalue weighted by Crippen LogP contribution is -2.46. The zero-order valence-electron chi connectivity index (χ0n) is 17.5. The van der Waals surface area contributed by atoms with Gasteiger partial charge in [0.05, 0.1) is 12.6 Å². The third-order valence-electron chi connectivity index (χ3n) is 6.79. The zero-order valence-corrected chi connectivity index (χ0v) is 17.5. The largest absolute Gasteiger partial charge is 0.376 e. The molecule has 0 aromatic carbocycles. The Hall–Kier alpha value is -2.15. The predicted molar refractivity (Wildman–Crippen MR) is 108 cm³/mol. The summed E-state index contributed by atoms with van der Waals surface area (Å²) in [5, 5.41) is 2.91. The molecule has 3 aliphatic rings. The minimum Gasteiger partial charge on any atom is -0.376 e. The summed E-state index contributed by atoms with van der Waals surface area (Å²) in [7, 11) is 0. The number of ketones is 1. The fraction of sp³-hybridized carbons (Fsp3) is 0.682. The summed E-state index contributed by atoms with van der Waals surface area (Å²) in [6.07, 6.45) is 7.64. The predicted octanol–water partition coefficient (Wildman–Crippen LogP) is 3.11. The molecule has 1 aromatic heterocycles. The normalized spacial score (nSPS) is 24.2. The van der Waals surface area contributed by atoms with E-state index in [0.29, 0.717) is 18.4 Å². The van der Waals surface area contributed by atoms with Crippen molar-refractivity contribution in [3.8, 4) is 0 Å². The van der Waals surface area contributed by atoms with Crippen molar-refractivity contribution in [2.45, 2.75) is 83.4 Å². The Morgan fingerprint density at radius 2 is 1.90 bits per heavy atom. The van der Waals surface area contributed by atoms with Gasteiger partial charge in [-0.3, -0.25) is 14.5 Å². The number of carbonyl (C=O) groups is 3. The smallest absolute Gasteiger partial charge is 0.325 e. The summed E-state index contributed by atoms with van der Waals surface area (Å²) >= 11 is 0. The highest BCUT2D eigenvalue weighted by molar-refractivity contribution is 6.11. The van der Waals surface area contributed by atoms with Gasteiger partial charge in [0.2, 0.25) is 0 Å². The molecular weight excluding hydrogens is 370 g/mol. The van der Waals surface area contributed by atoms with Crippen molar-refractivity contribution < 1.29 is 19.1 Å². The summed E-state index contributed by atoms with van der Waals surface area (Å²) < 4.78 is 7.85. The Bertz CT molecular complexity index is 814. The maximum atomic E-state index is 13.1. The third-order valence-corrected chi connectivity index (χ3v) is 6.79. The molecule has 1 atom stereocenters. The lowest BCUT2D eigenvalue weighted by atomic mass is 9.90. The maximum Gasteiger partial charge on any atom is 0.325 e. The monoisotopic (exact) mass is 401 g/mol. The summed E-state index contributed by atoms with van der Waals surface area (Å²) in [6, 6.07) is 1.44. The number of Topliss-reactive ketones (excluding diaryl/α,β-unsaturated/α-hetero) is 1. The molecule has 2 aliphatic heterocycles. The lowest BCUT2D eigenvalue weighted by molar-refractivity contribution is -0.131. The van der Waals surface area contributed by atoms with Gasteiger partial charge in [0, 0.05) is 30.1 Å². The highest BCUT2D eigenvalue weighted by Gasteiger charge is 2.51. The van der Waals surface area contributed by atoms with E-state index in [0.717, 1.165) is 68.0 Å². The Morgan fingerprint density at radius 1 is 1.17 bits per heavy atom. The lowest BCUT2D eigenvalue weighted by Gasteiger charge is -2.24. The molecule has 1 saturated carbocycles. The van der Waals surface area contributed by atoms with Crippen molar-refractivity contribution in [2.75, 3.05) is 13.2 Å². The second-order valence-corrected chi connectivity index (χ2v) is 8.77. The molecule has 7 nitrogen and oxygen atoms in total. The van der Waals surface area contributed by atoms with E-state index in [1.807, 2.05) is 19.9 Å². The second kappa shape index (κ2) is 7.94. The summed E-state index contributed by atoms with van der Waals surface area (Å²) in [4.78, 5) is 39.8. The molecular formula is C22H31N3O4. The number of urea groups is 1. The fourth-order valence-electron chi connectivity index (χ4n) is 5.08. The molecule has 0 unspecified atom stereocenters. The Kier molecular flexibility index (Phi) is 5.51. The van der Waals surface area contributed by atoms with Gasteiger partial charge in [0.25, 0.3) is 5.91 Å². The first kappa shape index (κ1) is 20.1. The van der Waals surface area contributed by atoms with Gasteiger partial charge in [-0.2, -0.15) is 0 Å². The third kappa shape index (κ3) is 3.72. The van der Waals surface area contributed by atoms with Crippen LogP contribution in [-0.4, -0.2) is 52.0 Å². The minimum atomic E-state index is -0.801. The zero-order chi connectivity index (χ0) is 20.6. The van der Waals surface area contributed by atoms with Gasteiger partial charge < -0.3 is 14.6 Å². The summed E-state index contributed by atoms with van der Waals surface area (Å²) in [5.74, 6) is -0.420. The number of hydrogen-bond acceptors (Lipinski definition) is 4. The van der Waals surface area contributed by atoms with Crippen LogP contribution in [0.1, 0.15) is 73.1 Å². The van der Waals surface area contributed by atoms with Crippen LogP contribution in [0.3, 0.4) is 0 Å². The van der Waals surface area contributed by atoms with Crippen molar-refractivity contribution in [2.24, 2.45) is 0 Å². The van der Waals surface area contributed by atoms with Crippen molar-refractivity contribution in [3.05, 3.63) is 23.0 Å². The summed E-state index contributed by atoms with van der Waals surface area (Å²) in [5.41, 5.74) is 1.66. The number of nitrogens with one attached hydrogen (secondary N) is 1. The van der Waals surface area contributed by atoms with Crippen LogP contribution in [0.2, 0.25) is 0 Å². The quantitative estimate of drug-likeness (QED) is 0.607. The molecule has 3 amide bonds. The standard InChI is InChI=1S/C22H31N3O4/c1-15-12-18(16(2)24(15)13-17-8-7-11-29-17)19(26)14-25-20(27)22(23-21(25)28)9-5-3-4-6-10-22/h12,17H,3-11,13-14H2,1-2H3,(H,23,28)/t17-/m1/s1. The molecule has 7 heteroatoms. The number of ether oxygens (including phenoxy) is 1. The van der Waals surface area contributed by atoms with E-state index in [-0.39, 0.29) is 24.3 Å². The summed E-state index contributed by atoms with van der Waals surface area (Å²) in [6.45, 7) is 5.23. The molecule has 4 rings (SSSR count). The SMILES string of the molecule is Cc1cc(C(=O)CN2C(=O)NC3(CCCCCC3)C2=O)c(C)n1C[C@H]1CCCO1. The van der Waals surface area contributed by atoms with E-state index in [1.165, 1.54) is 0 Å². The number of aromatic nitrogens is 1. The molecule has 1 spiro atoms. The molecule has 3 fully saturated rings. The Labute approximate surface area is 171 Å². The first-order valence-corrected chi connectivity index (χ1v) is 10.9. The van der Waals surface area contributed by atoms with Crippen LogP contribution in [0, 0.1) is 13.8 Å². The van der Waals surface area contributed by atoms with Gasteiger partial charge >= 0.3 is 6.03 Å². The number of amides is 3. The average molecular weight is 402 g/mol. The van der Waals surface area contributed by atoms with Crippen molar-refractivity contribution >= 4 is 17.7 Å². The molecule has 1 aromatic rings. The second-order valence-electron chi connectivity index (χ2n) is 8.77. The van der Waals surface area contributed by atoms with Crippen LogP contribution in [0.4, 0.5) is 4.79 Å². The number of nitrogens with zero attached hydrogens (tertiary/aromatic N) is 2. The highest BCUT2D eigenvalue weighted by Crippen LogP contribution is 2.33. The van der Waals surface area contributed by atoms with Crippen LogP contribution < -0.4 is 5.32 Å². The maximum absolute atomic E-state index is 13.1. The molecule has 0 bridgehead atoms. The average Bonchev–Trinajstić information content (AvgIpc) is 3.29. The van der Waals surface area contributed by atoms with Crippen LogP contribution in [0.25, 0.3) is 0 Å². The Morgan fingerprint density at radius 3 is 2.55 bits per heavy atom. The topological polar surface area (TPSA) is 80.6 Å². The van der Waals surface area contributed by atoms with Crippen molar-refractivity contribution in [1.29, 1.82) is 0 Å². The fourth-order valence-corrected chi connectivity index (χ4v) is 5.08. The molecule has 0 radical (unpaired) electrons. The Balaban J connectivity index is 1.49. The molecule has 3 heterocycles. The highest BCUT2D eigenvalue weighted by atomic mass is 16.5. The van der Waals surface area contributed by atoms with Crippen LogP contribution >= 0.6 is 0 Å². The molecule has 158 valence electrons. The number of carbonyl (C=O) groups excluding carboxylic acids is 3. The van der Waals surface area contributed by atoms with Crippen LogP contribution in [0.5, 0.6) is 0 Å². The van der Waals surface area contributed by atoms with Gasteiger partial charge in [-0.05, 0) is 45.6 Å². The number of hydrogen-bond donors (Lipinski definition) is 1. The van der Waals surface area contributed by atoms with Gasteiger partial charge in [-0.15, -0.1) is 0 Å². The van der Waals surface area contributed by atoms with E-state index in [4.69, 9.17) is 4.74 Å². The van der Waals surface area contributed by atoms with Crippen molar-refractivity contribution in [1.82, 2.24) is 14.8 Å². The van der Waals surface area contributed by atoms with E-state index < -0.39 is 11.6 Å².